The predicted octanol–water partition coefficient (Wildman–Crippen LogP) is 0.843. The molecule has 1 aromatic carbocycles. The molecule has 2 N–H and O–H groups in total. The van der Waals surface area contributed by atoms with Gasteiger partial charge in [-0.15, -0.1) is 0 Å². The number of aliphatic hydroxyl groups is 1. The van der Waals surface area contributed by atoms with Crippen molar-refractivity contribution in [1.82, 2.24) is 5.32 Å². The molecule has 1 amide bonds. The third-order valence-corrected chi connectivity index (χ3v) is 5.37. The molecule has 136 valence electrons. The van der Waals surface area contributed by atoms with Crippen molar-refractivity contribution >= 4 is 11.6 Å². The predicted molar refractivity (Wildman–Crippen MR) is 86.4 cm³/mol. The Morgan fingerprint density at radius 1 is 1.33 bits per heavy atom. The topological polar surface area (TPSA) is 173 Å². The summed E-state index contributed by atoms with van der Waals surface area (Å²) in [6.07, 6.45) is -0.655. The Morgan fingerprint density at radius 2 is 2.00 bits per heavy atom. The van der Waals surface area contributed by atoms with E-state index in [2.05, 4.69) is 5.32 Å². The van der Waals surface area contributed by atoms with Crippen LogP contribution in [0.1, 0.15) is 24.3 Å². The molecule has 10 heteroatoms. The first-order valence-corrected chi connectivity index (χ1v) is 7.83. The number of nitro benzene ring substituents is 1. The molecule has 0 radical (unpaired) electrons. The molecule has 0 spiro atoms. The van der Waals surface area contributed by atoms with E-state index in [1.807, 2.05) is 0 Å². The maximum absolute atomic E-state index is 12.5. The zero-order valence-electron chi connectivity index (χ0n) is 14.1. The Balaban J connectivity index is 2.27. The summed E-state index contributed by atoms with van der Waals surface area (Å²) in [6.45, 7) is 0. The van der Waals surface area contributed by atoms with Crippen molar-refractivity contribution in [2.24, 2.45) is 10.8 Å². The molecule has 3 atom stereocenters. The van der Waals surface area contributed by atoms with Crippen molar-refractivity contribution in [3.8, 4) is 24.0 Å². The van der Waals surface area contributed by atoms with Gasteiger partial charge in [0.15, 0.2) is 16.6 Å². The van der Waals surface area contributed by atoms with Gasteiger partial charge in [-0.2, -0.15) is 15.8 Å². The first-order valence-electron chi connectivity index (χ1n) is 7.83. The van der Waals surface area contributed by atoms with Gasteiger partial charge in [-0.05, 0) is 11.6 Å². The Morgan fingerprint density at radius 3 is 2.52 bits per heavy atom. The van der Waals surface area contributed by atoms with Gasteiger partial charge in [0.25, 0.3) is 0 Å². The maximum atomic E-state index is 12.5. The number of methoxy groups -OCH3 is 1. The number of rotatable bonds is 3. The standard InChI is InChI=1S/C17H13N5O5/c1-27-13-3-2-10(4-12(13)22(25)26)11-5-17(24)6-15(7-18,14(23)21-17)16(11,8-19)9-20/h2-4,11,24H,5-6H2,1H3,(H,21,23). The van der Waals surface area contributed by atoms with Crippen LogP contribution in [0.2, 0.25) is 0 Å². The number of nitrogens with one attached hydrogen (secondary N) is 1. The van der Waals surface area contributed by atoms with E-state index >= 15 is 0 Å². The molecule has 1 aliphatic heterocycles. The average Bonchev–Trinajstić information content (AvgIpc) is 2.89. The van der Waals surface area contributed by atoms with Gasteiger partial charge >= 0.3 is 5.69 Å². The van der Waals surface area contributed by atoms with E-state index in [0.29, 0.717) is 0 Å². The molecule has 2 bridgehead atoms. The van der Waals surface area contributed by atoms with Gasteiger partial charge in [0.05, 0.1) is 30.2 Å². The second kappa shape index (κ2) is 5.66. The summed E-state index contributed by atoms with van der Waals surface area (Å²) >= 11 is 0. The van der Waals surface area contributed by atoms with Gasteiger partial charge in [-0.3, -0.25) is 14.9 Å². The Hall–Kier alpha value is -3.68. The summed E-state index contributed by atoms with van der Waals surface area (Å²) in [5.41, 5.74) is -6.22. The molecule has 1 heterocycles. The van der Waals surface area contributed by atoms with E-state index in [9.17, 15) is 35.8 Å². The van der Waals surface area contributed by atoms with Crippen molar-refractivity contribution in [3.05, 3.63) is 33.9 Å². The SMILES string of the molecule is COc1ccc(C2CC3(O)CC(C#N)(C(=O)N3)C2(C#N)C#N)cc1[N+](=O)[O-]. The van der Waals surface area contributed by atoms with Crippen LogP contribution in [0.3, 0.4) is 0 Å². The lowest BCUT2D eigenvalue weighted by Crippen LogP contribution is -2.52. The molecule has 0 aromatic heterocycles. The maximum Gasteiger partial charge on any atom is 0.311 e. The van der Waals surface area contributed by atoms with E-state index in [0.717, 1.165) is 6.07 Å². The van der Waals surface area contributed by atoms with Crippen molar-refractivity contribution in [3.63, 3.8) is 0 Å². The third kappa shape index (κ3) is 2.16. The van der Waals surface area contributed by atoms with Crippen molar-refractivity contribution < 1.29 is 19.6 Å². The number of hydrogen-bond donors (Lipinski definition) is 2. The largest absolute Gasteiger partial charge is 0.490 e. The number of nitriles is 3. The fraction of sp³-hybridized carbons (Fsp3) is 0.412. The molecule has 1 saturated carbocycles. The molecular weight excluding hydrogens is 354 g/mol. The van der Waals surface area contributed by atoms with Crippen LogP contribution in [-0.2, 0) is 4.79 Å². The molecule has 27 heavy (non-hydrogen) atoms. The first-order chi connectivity index (χ1) is 12.7. The van der Waals surface area contributed by atoms with Gasteiger partial charge in [0.2, 0.25) is 5.91 Å². The highest BCUT2D eigenvalue weighted by Gasteiger charge is 2.74. The van der Waals surface area contributed by atoms with Crippen LogP contribution in [0.4, 0.5) is 5.69 Å². The smallest absolute Gasteiger partial charge is 0.311 e. The Kier molecular flexibility index (Phi) is 3.80. The van der Waals surface area contributed by atoms with E-state index in [-0.39, 0.29) is 17.7 Å². The average molecular weight is 367 g/mol. The van der Waals surface area contributed by atoms with Crippen LogP contribution >= 0.6 is 0 Å². The van der Waals surface area contributed by atoms with Crippen LogP contribution in [0.25, 0.3) is 0 Å². The summed E-state index contributed by atoms with van der Waals surface area (Å²) in [4.78, 5) is 23.1. The fourth-order valence-electron chi connectivity index (χ4n) is 4.10. The van der Waals surface area contributed by atoms with Gasteiger partial charge in [0.1, 0.15) is 5.72 Å². The molecule has 10 nitrogen and oxygen atoms in total. The van der Waals surface area contributed by atoms with Crippen molar-refractivity contribution in [1.29, 1.82) is 15.8 Å². The number of fused-ring (bicyclic) bond motifs is 2. The summed E-state index contributed by atoms with van der Waals surface area (Å²) in [5.74, 6) is -2.04. The molecule has 1 aromatic rings. The molecule has 2 aliphatic rings. The van der Waals surface area contributed by atoms with E-state index in [1.165, 1.54) is 19.2 Å². The van der Waals surface area contributed by atoms with Crippen molar-refractivity contribution in [2.75, 3.05) is 7.11 Å². The van der Waals surface area contributed by atoms with E-state index in [1.54, 1.807) is 18.2 Å². The number of nitrogens with zero attached hydrogens (tertiary/aromatic N) is 4. The lowest BCUT2D eigenvalue weighted by atomic mass is 9.51. The number of carbonyl (C=O) groups excluding carboxylic acids is 1. The lowest BCUT2D eigenvalue weighted by molar-refractivity contribution is -0.385. The van der Waals surface area contributed by atoms with Gasteiger partial charge < -0.3 is 15.2 Å². The quantitative estimate of drug-likeness (QED) is 0.584. The monoisotopic (exact) mass is 367 g/mol. The fourth-order valence-corrected chi connectivity index (χ4v) is 4.10. The molecular formula is C17H13N5O5. The number of amides is 1. The van der Waals surface area contributed by atoms with Gasteiger partial charge in [-0.1, -0.05) is 6.07 Å². The van der Waals surface area contributed by atoms with E-state index < -0.39 is 45.4 Å². The number of hydrogen-bond acceptors (Lipinski definition) is 8. The molecule has 3 rings (SSSR count). The zero-order valence-corrected chi connectivity index (χ0v) is 14.1. The Labute approximate surface area is 153 Å². The number of carbonyl (C=O) groups is 1. The number of nitro groups is 1. The van der Waals surface area contributed by atoms with Crippen LogP contribution in [0.15, 0.2) is 18.2 Å². The number of ether oxygens (including phenoxy) is 1. The molecule has 1 saturated heterocycles. The summed E-state index contributed by atoms with van der Waals surface area (Å²) < 4.78 is 4.95. The van der Waals surface area contributed by atoms with Crippen molar-refractivity contribution in [2.45, 2.75) is 24.5 Å². The summed E-state index contributed by atoms with van der Waals surface area (Å²) in [5, 5.41) is 53.6. The van der Waals surface area contributed by atoms with Gasteiger partial charge in [-0.25, -0.2) is 0 Å². The lowest BCUT2D eigenvalue weighted by Gasteiger charge is -2.43. The minimum atomic E-state index is -2.13. The highest BCUT2D eigenvalue weighted by Crippen LogP contribution is 2.62. The van der Waals surface area contributed by atoms with Gasteiger partial charge in [0, 0.05) is 24.8 Å². The first kappa shape index (κ1) is 18.1. The highest BCUT2D eigenvalue weighted by molar-refractivity contribution is 5.91. The Bertz CT molecular complexity index is 973. The highest BCUT2D eigenvalue weighted by atomic mass is 16.6. The molecule has 2 fully saturated rings. The molecule has 3 unspecified atom stereocenters. The second-order valence-electron chi connectivity index (χ2n) is 6.66. The number of benzene rings is 1. The minimum absolute atomic E-state index is 0.0232. The normalized spacial score (nSPS) is 30.3. The van der Waals surface area contributed by atoms with E-state index in [4.69, 9.17) is 4.74 Å². The van der Waals surface area contributed by atoms with Crippen LogP contribution in [-0.4, -0.2) is 28.8 Å². The summed E-state index contributed by atoms with van der Waals surface area (Å²) in [7, 11) is 1.26. The van der Waals surface area contributed by atoms with Crippen LogP contribution in [0, 0.1) is 54.9 Å². The van der Waals surface area contributed by atoms with Crippen LogP contribution in [0.5, 0.6) is 5.75 Å². The molecule has 1 aliphatic carbocycles. The zero-order chi connectivity index (χ0) is 20.0. The minimum Gasteiger partial charge on any atom is -0.490 e. The van der Waals surface area contributed by atoms with Crippen LogP contribution < -0.4 is 10.1 Å². The second-order valence-corrected chi connectivity index (χ2v) is 6.66. The summed E-state index contributed by atoms with van der Waals surface area (Å²) in [6, 6.07) is 9.23. The third-order valence-electron chi connectivity index (χ3n) is 5.37.